The normalized spacial score (nSPS) is 15.5. The number of aryl methyl sites for hydroxylation is 1. The first-order valence-electron chi connectivity index (χ1n) is 4.82. The monoisotopic (exact) mass is 211 g/mol. The van der Waals surface area contributed by atoms with E-state index in [1.165, 1.54) is 0 Å². The van der Waals surface area contributed by atoms with Crippen molar-refractivity contribution in [2.24, 2.45) is 5.92 Å². The summed E-state index contributed by atoms with van der Waals surface area (Å²) in [5, 5.41) is 12.8. The van der Waals surface area contributed by atoms with Crippen molar-refractivity contribution in [2.75, 3.05) is 6.54 Å². The number of aromatic nitrogens is 2. The van der Waals surface area contributed by atoms with Gasteiger partial charge in [0.2, 0.25) is 5.91 Å². The number of nitrogens with one attached hydrogen (secondary N) is 1. The number of hydrogen-bond donors (Lipinski definition) is 1. The third-order valence-corrected chi connectivity index (χ3v) is 3.05. The maximum Gasteiger partial charge on any atom is 0.223 e. The average molecular weight is 211 g/mol. The minimum atomic E-state index is 0.200. The van der Waals surface area contributed by atoms with Gasteiger partial charge in [-0.3, -0.25) is 4.79 Å². The van der Waals surface area contributed by atoms with Crippen LogP contribution in [0.5, 0.6) is 0 Å². The molecule has 76 valence electrons. The van der Waals surface area contributed by atoms with Crippen LogP contribution in [0, 0.1) is 12.8 Å². The van der Waals surface area contributed by atoms with E-state index in [9.17, 15) is 4.79 Å². The summed E-state index contributed by atoms with van der Waals surface area (Å²) in [4.78, 5) is 11.3. The van der Waals surface area contributed by atoms with Gasteiger partial charge in [-0.25, -0.2) is 0 Å². The first-order chi connectivity index (χ1) is 6.75. The Bertz CT molecular complexity index is 333. The molecule has 1 aromatic heterocycles. The molecule has 0 aromatic carbocycles. The van der Waals surface area contributed by atoms with Crippen molar-refractivity contribution in [2.45, 2.75) is 26.2 Å². The summed E-state index contributed by atoms with van der Waals surface area (Å²) in [5.74, 6) is 0.498. The second-order valence-corrected chi connectivity index (χ2v) is 4.80. The van der Waals surface area contributed by atoms with Gasteiger partial charge >= 0.3 is 0 Å². The quantitative estimate of drug-likeness (QED) is 0.805. The summed E-state index contributed by atoms with van der Waals surface area (Å²) in [6, 6.07) is 0. The van der Waals surface area contributed by atoms with E-state index < -0.39 is 0 Å². The van der Waals surface area contributed by atoms with Gasteiger partial charge in [0.1, 0.15) is 10.0 Å². The molecule has 1 fully saturated rings. The number of rotatable bonds is 4. The van der Waals surface area contributed by atoms with E-state index in [-0.39, 0.29) is 5.91 Å². The Labute approximate surface area is 86.7 Å². The molecule has 1 aliphatic carbocycles. The topological polar surface area (TPSA) is 54.9 Å². The van der Waals surface area contributed by atoms with E-state index in [0.29, 0.717) is 12.5 Å². The Hall–Kier alpha value is -0.970. The lowest BCUT2D eigenvalue weighted by Crippen LogP contribution is -2.26. The smallest absolute Gasteiger partial charge is 0.223 e. The zero-order chi connectivity index (χ0) is 9.97. The van der Waals surface area contributed by atoms with Gasteiger partial charge in [-0.05, 0) is 19.8 Å². The van der Waals surface area contributed by atoms with Gasteiger partial charge in [-0.1, -0.05) is 0 Å². The molecule has 5 heteroatoms. The fraction of sp³-hybridized carbons (Fsp3) is 0.667. The fourth-order valence-electron chi connectivity index (χ4n) is 1.22. The average Bonchev–Trinajstić information content (AvgIpc) is 2.92. The summed E-state index contributed by atoms with van der Waals surface area (Å²) >= 11 is 1.59. The van der Waals surface area contributed by atoms with E-state index in [1.54, 1.807) is 11.3 Å². The molecule has 0 aliphatic heterocycles. The van der Waals surface area contributed by atoms with E-state index in [1.807, 2.05) is 6.92 Å². The Morgan fingerprint density at radius 2 is 2.36 bits per heavy atom. The molecular formula is C9H13N3OS. The molecule has 4 nitrogen and oxygen atoms in total. The zero-order valence-electron chi connectivity index (χ0n) is 8.12. The van der Waals surface area contributed by atoms with Gasteiger partial charge in [0, 0.05) is 18.9 Å². The Kier molecular flexibility index (Phi) is 2.77. The first kappa shape index (κ1) is 9.58. The van der Waals surface area contributed by atoms with E-state index >= 15 is 0 Å². The van der Waals surface area contributed by atoms with Crippen molar-refractivity contribution in [1.29, 1.82) is 0 Å². The number of amides is 1. The van der Waals surface area contributed by atoms with Crippen LogP contribution in [-0.4, -0.2) is 22.6 Å². The molecule has 14 heavy (non-hydrogen) atoms. The van der Waals surface area contributed by atoms with Gasteiger partial charge in [0.25, 0.3) is 0 Å². The van der Waals surface area contributed by atoms with Crippen LogP contribution in [-0.2, 0) is 11.2 Å². The predicted molar refractivity (Wildman–Crippen MR) is 54.1 cm³/mol. The standard InChI is InChI=1S/C9H13N3OS/c1-6-11-12-8(14-6)4-5-10-9(13)7-2-3-7/h7H,2-5H2,1H3,(H,10,13). The van der Waals surface area contributed by atoms with Crippen molar-refractivity contribution in [3.63, 3.8) is 0 Å². The summed E-state index contributed by atoms with van der Waals surface area (Å²) in [5.41, 5.74) is 0. The Morgan fingerprint density at radius 3 is 2.93 bits per heavy atom. The SMILES string of the molecule is Cc1nnc(CCNC(=O)C2CC2)s1. The molecule has 1 saturated carbocycles. The van der Waals surface area contributed by atoms with E-state index in [4.69, 9.17) is 0 Å². The van der Waals surface area contributed by atoms with Crippen molar-refractivity contribution in [3.05, 3.63) is 10.0 Å². The highest BCUT2D eigenvalue weighted by Gasteiger charge is 2.28. The highest BCUT2D eigenvalue weighted by atomic mass is 32.1. The van der Waals surface area contributed by atoms with Crippen LogP contribution in [0.2, 0.25) is 0 Å². The fourth-order valence-corrected chi connectivity index (χ4v) is 1.93. The molecule has 1 heterocycles. The number of carbonyl (C=O) groups excluding carboxylic acids is 1. The first-order valence-corrected chi connectivity index (χ1v) is 5.64. The molecule has 0 atom stereocenters. The Balaban J connectivity index is 1.69. The van der Waals surface area contributed by atoms with Crippen molar-refractivity contribution in [1.82, 2.24) is 15.5 Å². The van der Waals surface area contributed by atoms with E-state index in [2.05, 4.69) is 15.5 Å². The van der Waals surface area contributed by atoms with E-state index in [0.717, 1.165) is 29.3 Å². The third-order valence-electron chi connectivity index (χ3n) is 2.15. The second-order valence-electron chi connectivity index (χ2n) is 3.53. The van der Waals surface area contributed by atoms with Crippen LogP contribution < -0.4 is 5.32 Å². The molecule has 1 N–H and O–H groups in total. The molecule has 0 bridgehead atoms. The van der Waals surface area contributed by atoms with Crippen LogP contribution in [0.4, 0.5) is 0 Å². The van der Waals surface area contributed by atoms with Crippen LogP contribution in [0.25, 0.3) is 0 Å². The maximum atomic E-state index is 11.3. The van der Waals surface area contributed by atoms with Crippen LogP contribution in [0.1, 0.15) is 22.9 Å². The zero-order valence-corrected chi connectivity index (χ0v) is 8.93. The lowest BCUT2D eigenvalue weighted by Gasteiger charge is -2.00. The second kappa shape index (κ2) is 4.04. The minimum absolute atomic E-state index is 0.200. The molecule has 0 radical (unpaired) electrons. The number of nitrogens with zero attached hydrogens (tertiary/aromatic N) is 2. The van der Waals surface area contributed by atoms with Gasteiger partial charge < -0.3 is 5.32 Å². The molecule has 1 amide bonds. The number of hydrogen-bond acceptors (Lipinski definition) is 4. The van der Waals surface area contributed by atoms with Crippen molar-refractivity contribution < 1.29 is 4.79 Å². The highest BCUT2D eigenvalue weighted by Crippen LogP contribution is 2.28. The van der Waals surface area contributed by atoms with Crippen LogP contribution >= 0.6 is 11.3 Å². The number of carbonyl (C=O) groups is 1. The lowest BCUT2D eigenvalue weighted by atomic mass is 10.3. The molecular weight excluding hydrogens is 198 g/mol. The largest absolute Gasteiger partial charge is 0.355 e. The lowest BCUT2D eigenvalue weighted by molar-refractivity contribution is -0.122. The molecule has 0 spiro atoms. The molecule has 0 saturated heterocycles. The summed E-state index contributed by atoms with van der Waals surface area (Å²) in [6.07, 6.45) is 2.91. The van der Waals surface area contributed by atoms with Gasteiger partial charge in [-0.15, -0.1) is 21.5 Å². The molecule has 1 aromatic rings. The minimum Gasteiger partial charge on any atom is -0.355 e. The highest BCUT2D eigenvalue weighted by molar-refractivity contribution is 7.11. The predicted octanol–water partition coefficient (Wildman–Crippen LogP) is 0.915. The van der Waals surface area contributed by atoms with Crippen LogP contribution in [0.15, 0.2) is 0 Å². The third kappa shape index (κ3) is 2.51. The van der Waals surface area contributed by atoms with Gasteiger partial charge in [-0.2, -0.15) is 0 Å². The maximum absolute atomic E-state index is 11.3. The summed E-state index contributed by atoms with van der Waals surface area (Å²) in [6.45, 7) is 2.62. The van der Waals surface area contributed by atoms with Crippen molar-refractivity contribution >= 4 is 17.2 Å². The van der Waals surface area contributed by atoms with Gasteiger partial charge in [0.15, 0.2) is 0 Å². The summed E-state index contributed by atoms with van der Waals surface area (Å²) < 4.78 is 0. The van der Waals surface area contributed by atoms with Gasteiger partial charge in [0.05, 0.1) is 0 Å². The Morgan fingerprint density at radius 1 is 1.57 bits per heavy atom. The van der Waals surface area contributed by atoms with Crippen LogP contribution in [0.3, 0.4) is 0 Å². The molecule has 0 unspecified atom stereocenters. The molecule has 2 rings (SSSR count). The summed E-state index contributed by atoms with van der Waals surface area (Å²) in [7, 11) is 0. The van der Waals surface area contributed by atoms with Crippen molar-refractivity contribution in [3.8, 4) is 0 Å². The molecule has 1 aliphatic rings.